The van der Waals surface area contributed by atoms with Crippen molar-refractivity contribution in [2.75, 3.05) is 19.8 Å². The zero-order chi connectivity index (χ0) is 17.8. The normalized spacial score (nSPS) is 16.4. The fourth-order valence-corrected chi connectivity index (χ4v) is 3.49. The van der Waals surface area contributed by atoms with Crippen LogP contribution >= 0.6 is 0 Å². The Kier molecular flexibility index (Phi) is 17.2. The summed E-state index contributed by atoms with van der Waals surface area (Å²) in [6.07, 6.45) is 25.5. The van der Waals surface area contributed by atoms with Crippen LogP contribution in [0.1, 0.15) is 122 Å². The van der Waals surface area contributed by atoms with E-state index in [1.807, 2.05) is 0 Å². The molecule has 0 N–H and O–H groups in total. The number of hydrogen-bond acceptors (Lipinski definition) is 2. The molecule has 1 aliphatic rings. The summed E-state index contributed by atoms with van der Waals surface area (Å²) < 4.78 is 11.0. The van der Waals surface area contributed by atoms with Gasteiger partial charge in [-0.3, -0.25) is 0 Å². The van der Waals surface area contributed by atoms with Crippen molar-refractivity contribution >= 4 is 0 Å². The van der Waals surface area contributed by atoms with Crippen LogP contribution < -0.4 is 0 Å². The Morgan fingerprint density at radius 3 is 1.44 bits per heavy atom. The van der Waals surface area contributed by atoms with Crippen molar-refractivity contribution in [2.24, 2.45) is 0 Å². The van der Waals surface area contributed by atoms with Crippen LogP contribution in [0.15, 0.2) is 0 Å². The lowest BCUT2D eigenvalue weighted by molar-refractivity contribution is 0.125. The fraction of sp³-hybridized carbons (Fsp3) is 1.00. The van der Waals surface area contributed by atoms with Gasteiger partial charge in [-0.25, -0.2) is 0 Å². The predicted octanol–water partition coefficient (Wildman–Crippen LogP) is 7.44. The van der Waals surface area contributed by atoms with E-state index in [0.29, 0.717) is 6.10 Å². The molecule has 0 aromatic heterocycles. The third-order valence-electron chi connectivity index (χ3n) is 5.36. The molecule has 1 heterocycles. The summed E-state index contributed by atoms with van der Waals surface area (Å²) in [6.45, 7) is 5.28. The van der Waals surface area contributed by atoms with Crippen LogP contribution in [0.2, 0.25) is 0 Å². The summed E-state index contributed by atoms with van der Waals surface area (Å²) in [5.74, 6) is 0. The summed E-state index contributed by atoms with van der Waals surface area (Å²) in [5.41, 5.74) is 0. The summed E-state index contributed by atoms with van der Waals surface area (Å²) in [7, 11) is 0. The second-order valence-electron chi connectivity index (χ2n) is 8.01. The van der Waals surface area contributed by atoms with E-state index in [1.165, 1.54) is 116 Å². The number of rotatable bonds is 21. The van der Waals surface area contributed by atoms with Crippen LogP contribution in [0.25, 0.3) is 0 Å². The molecule has 0 bridgehead atoms. The molecule has 0 saturated carbocycles. The van der Waals surface area contributed by atoms with Gasteiger partial charge in [-0.1, -0.05) is 103 Å². The maximum atomic E-state index is 5.77. The highest BCUT2D eigenvalue weighted by Crippen LogP contribution is 2.18. The van der Waals surface area contributed by atoms with Crippen LogP contribution in [-0.2, 0) is 9.47 Å². The number of hydrogen-bond donors (Lipinski definition) is 0. The lowest BCUT2D eigenvalue weighted by Crippen LogP contribution is -1.97. The molecule has 2 heteroatoms. The zero-order valence-corrected chi connectivity index (χ0v) is 17.2. The molecule has 0 aromatic carbocycles. The molecule has 0 aromatic rings. The maximum Gasteiger partial charge on any atom is 0.0810 e. The quantitative estimate of drug-likeness (QED) is 0.158. The molecule has 1 aliphatic heterocycles. The highest BCUT2D eigenvalue weighted by molar-refractivity contribution is 4.68. The SMILES string of the molecule is CCCCCCCCCCCCOCCCCCCCCCC1CO1. The molecule has 1 unspecified atom stereocenters. The van der Waals surface area contributed by atoms with E-state index in [1.54, 1.807) is 0 Å². The van der Waals surface area contributed by atoms with Crippen LogP contribution in [0.3, 0.4) is 0 Å². The average Bonchev–Trinajstić information content (AvgIpc) is 3.44. The first-order chi connectivity index (χ1) is 12.4. The van der Waals surface area contributed by atoms with Gasteiger partial charge in [0.2, 0.25) is 0 Å². The second-order valence-corrected chi connectivity index (χ2v) is 8.01. The van der Waals surface area contributed by atoms with Gasteiger partial charge in [0.25, 0.3) is 0 Å². The molecule has 2 nitrogen and oxygen atoms in total. The topological polar surface area (TPSA) is 21.8 Å². The van der Waals surface area contributed by atoms with Crippen molar-refractivity contribution < 1.29 is 9.47 Å². The average molecular weight is 355 g/mol. The molecule has 0 spiro atoms. The summed E-state index contributed by atoms with van der Waals surface area (Å²) in [5, 5.41) is 0. The molecule has 150 valence electrons. The second kappa shape index (κ2) is 18.7. The smallest absolute Gasteiger partial charge is 0.0810 e. The molecule has 0 aliphatic carbocycles. The van der Waals surface area contributed by atoms with Crippen molar-refractivity contribution in [3.63, 3.8) is 0 Å². The van der Waals surface area contributed by atoms with Gasteiger partial charge in [0, 0.05) is 13.2 Å². The molecular weight excluding hydrogens is 308 g/mol. The largest absolute Gasteiger partial charge is 0.381 e. The number of ether oxygens (including phenoxy) is 2. The van der Waals surface area contributed by atoms with Crippen LogP contribution in [0, 0.1) is 0 Å². The van der Waals surface area contributed by atoms with Gasteiger partial charge in [-0.05, 0) is 19.3 Å². The number of unbranched alkanes of at least 4 members (excludes halogenated alkanes) is 15. The van der Waals surface area contributed by atoms with Gasteiger partial charge in [-0.15, -0.1) is 0 Å². The first kappa shape index (κ1) is 23.0. The van der Waals surface area contributed by atoms with Gasteiger partial charge in [0.1, 0.15) is 0 Å². The van der Waals surface area contributed by atoms with Gasteiger partial charge in [-0.2, -0.15) is 0 Å². The standard InChI is InChI=1S/C23H46O2/c1-2-3-4-5-6-7-8-11-14-17-20-24-21-18-15-12-9-10-13-16-19-23-22-25-23/h23H,2-22H2,1H3. The fourth-order valence-electron chi connectivity index (χ4n) is 3.49. The van der Waals surface area contributed by atoms with E-state index in [-0.39, 0.29) is 0 Å². The van der Waals surface area contributed by atoms with E-state index >= 15 is 0 Å². The van der Waals surface area contributed by atoms with Crippen LogP contribution in [0.5, 0.6) is 0 Å². The van der Waals surface area contributed by atoms with E-state index in [9.17, 15) is 0 Å². The Hall–Kier alpha value is -0.0800. The molecule has 1 atom stereocenters. The highest BCUT2D eigenvalue weighted by atomic mass is 16.6. The molecular formula is C23H46O2. The molecule has 1 saturated heterocycles. The van der Waals surface area contributed by atoms with Crippen molar-refractivity contribution in [1.29, 1.82) is 0 Å². The van der Waals surface area contributed by atoms with E-state index in [2.05, 4.69) is 6.92 Å². The third kappa shape index (κ3) is 18.5. The van der Waals surface area contributed by atoms with Gasteiger partial charge in [0.15, 0.2) is 0 Å². The van der Waals surface area contributed by atoms with Crippen LogP contribution in [-0.4, -0.2) is 25.9 Å². The summed E-state index contributed by atoms with van der Waals surface area (Å²) >= 11 is 0. The van der Waals surface area contributed by atoms with E-state index in [0.717, 1.165) is 19.8 Å². The highest BCUT2D eigenvalue weighted by Gasteiger charge is 2.20. The van der Waals surface area contributed by atoms with Crippen LogP contribution in [0.4, 0.5) is 0 Å². The Labute approximate surface area is 158 Å². The lowest BCUT2D eigenvalue weighted by Gasteiger charge is -2.05. The summed E-state index contributed by atoms with van der Waals surface area (Å²) in [6, 6.07) is 0. The van der Waals surface area contributed by atoms with E-state index in [4.69, 9.17) is 9.47 Å². The Balaban J connectivity index is 1.59. The zero-order valence-electron chi connectivity index (χ0n) is 17.2. The Bertz CT molecular complexity index is 250. The first-order valence-corrected chi connectivity index (χ1v) is 11.6. The third-order valence-corrected chi connectivity index (χ3v) is 5.36. The van der Waals surface area contributed by atoms with Gasteiger partial charge in [0.05, 0.1) is 12.7 Å². The minimum absolute atomic E-state index is 0.632. The Morgan fingerprint density at radius 2 is 1.00 bits per heavy atom. The van der Waals surface area contributed by atoms with Gasteiger partial charge >= 0.3 is 0 Å². The van der Waals surface area contributed by atoms with Crippen molar-refractivity contribution in [3.05, 3.63) is 0 Å². The summed E-state index contributed by atoms with van der Waals surface area (Å²) in [4.78, 5) is 0. The molecule has 0 radical (unpaired) electrons. The Morgan fingerprint density at radius 1 is 0.600 bits per heavy atom. The van der Waals surface area contributed by atoms with Crippen molar-refractivity contribution in [1.82, 2.24) is 0 Å². The predicted molar refractivity (Wildman–Crippen MR) is 109 cm³/mol. The molecule has 1 rings (SSSR count). The van der Waals surface area contributed by atoms with Gasteiger partial charge < -0.3 is 9.47 Å². The van der Waals surface area contributed by atoms with Crippen molar-refractivity contribution in [3.8, 4) is 0 Å². The monoisotopic (exact) mass is 354 g/mol. The maximum absolute atomic E-state index is 5.77. The minimum atomic E-state index is 0.632. The van der Waals surface area contributed by atoms with Crippen molar-refractivity contribution in [2.45, 2.75) is 129 Å². The number of epoxide rings is 1. The minimum Gasteiger partial charge on any atom is -0.381 e. The van der Waals surface area contributed by atoms with E-state index < -0.39 is 0 Å². The lowest BCUT2D eigenvalue weighted by atomic mass is 10.1. The molecule has 0 amide bonds. The molecule has 1 fully saturated rings. The first-order valence-electron chi connectivity index (χ1n) is 11.6. The molecule has 25 heavy (non-hydrogen) atoms.